The number of nitrogens with one attached hydrogen (secondary N) is 1. The molecule has 4 N–H and O–H groups in total. The number of rotatable bonds is 5. The van der Waals surface area contributed by atoms with Crippen LogP contribution in [0.3, 0.4) is 0 Å². The minimum atomic E-state index is -1.08. The summed E-state index contributed by atoms with van der Waals surface area (Å²) in [6.45, 7) is 0. The van der Waals surface area contributed by atoms with Crippen LogP contribution in [0.15, 0.2) is 30.3 Å². The van der Waals surface area contributed by atoms with Crippen molar-refractivity contribution in [3.05, 3.63) is 41.6 Å². The monoisotopic (exact) mass is 296 g/mol. The van der Waals surface area contributed by atoms with Crippen LogP contribution in [0.5, 0.6) is 0 Å². The Morgan fingerprint density at radius 2 is 1.95 bits per heavy atom. The number of hydrogen-bond donors (Lipinski definition) is 4. The van der Waals surface area contributed by atoms with Crippen LogP contribution in [-0.2, 0) is 0 Å². The van der Waals surface area contributed by atoms with Crippen LogP contribution in [0.1, 0.15) is 22.2 Å². The summed E-state index contributed by atoms with van der Waals surface area (Å²) in [7, 11) is 0. The van der Waals surface area contributed by atoms with Crippen molar-refractivity contribution in [2.45, 2.75) is 12.2 Å². The molecule has 0 saturated heterocycles. The fourth-order valence-corrected chi connectivity index (χ4v) is 1.91. The van der Waals surface area contributed by atoms with Gasteiger partial charge < -0.3 is 15.3 Å². The molecule has 0 amide bonds. The Balaban J connectivity index is 2.21. The molecule has 7 heteroatoms. The van der Waals surface area contributed by atoms with E-state index in [1.165, 1.54) is 6.07 Å². The molecule has 20 heavy (non-hydrogen) atoms. The van der Waals surface area contributed by atoms with Gasteiger partial charge in [-0.05, 0) is 11.6 Å². The molecule has 2 aromatic rings. The lowest BCUT2D eigenvalue weighted by atomic mass is 10.0. The average molecular weight is 297 g/mol. The summed E-state index contributed by atoms with van der Waals surface area (Å²) in [6, 6.07) is 8.04. The van der Waals surface area contributed by atoms with Crippen molar-refractivity contribution in [2.75, 3.05) is 5.88 Å². The Labute approximate surface area is 119 Å². The second-order valence-electron chi connectivity index (χ2n) is 4.26. The highest BCUT2D eigenvalue weighted by atomic mass is 35.5. The highest BCUT2D eigenvalue weighted by Gasteiger charge is 2.17. The van der Waals surface area contributed by atoms with E-state index in [1.807, 2.05) is 0 Å². The third-order valence-corrected chi connectivity index (χ3v) is 3.19. The molecule has 106 valence electrons. The zero-order valence-electron chi connectivity index (χ0n) is 10.3. The molecular weight excluding hydrogens is 284 g/mol. The molecular formula is C13H13ClN2O4. The molecule has 0 aliphatic carbocycles. The van der Waals surface area contributed by atoms with Gasteiger partial charge in [0.15, 0.2) is 0 Å². The number of halogens is 1. The smallest absolute Gasteiger partial charge is 0.353 e. The van der Waals surface area contributed by atoms with Crippen molar-refractivity contribution in [1.29, 1.82) is 0 Å². The van der Waals surface area contributed by atoms with Gasteiger partial charge in [-0.25, -0.2) is 4.79 Å². The molecule has 2 rings (SSSR count). The summed E-state index contributed by atoms with van der Waals surface area (Å²) in [5, 5.41) is 34.4. The fraction of sp³-hybridized carbons (Fsp3) is 0.231. The van der Waals surface area contributed by atoms with E-state index in [0.717, 1.165) is 0 Å². The molecule has 0 fully saturated rings. The first-order chi connectivity index (χ1) is 9.52. The van der Waals surface area contributed by atoms with Crippen molar-refractivity contribution >= 4 is 17.6 Å². The van der Waals surface area contributed by atoms with E-state index in [4.69, 9.17) is 16.7 Å². The summed E-state index contributed by atoms with van der Waals surface area (Å²) in [5.74, 6) is -1.15. The molecule has 0 aliphatic rings. The van der Waals surface area contributed by atoms with Crippen molar-refractivity contribution in [1.82, 2.24) is 10.2 Å². The van der Waals surface area contributed by atoms with E-state index < -0.39 is 18.2 Å². The largest absolute Gasteiger partial charge is 0.477 e. The molecule has 1 aromatic carbocycles. The summed E-state index contributed by atoms with van der Waals surface area (Å²) in [5.41, 5.74) is 1.71. The van der Waals surface area contributed by atoms with Gasteiger partial charge in [0.2, 0.25) is 0 Å². The van der Waals surface area contributed by atoms with E-state index in [1.54, 1.807) is 24.3 Å². The lowest BCUT2D eigenvalue weighted by Crippen LogP contribution is -2.19. The number of aliphatic hydroxyl groups is 2. The van der Waals surface area contributed by atoms with Gasteiger partial charge in [-0.15, -0.1) is 11.6 Å². The van der Waals surface area contributed by atoms with Crippen molar-refractivity contribution < 1.29 is 20.1 Å². The highest BCUT2D eigenvalue weighted by Crippen LogP contribution is 2.23. The third-order valence-electron chi connectivity index (χ3n) is 2.88. The summed E-state index contributed by atoms with van der Waals surface area (Å²) < 4.78 is 0. The van der Waals surface area contributed by atoms with Crippen LogP contribution in [0.4, 0.5) is 0 Å². The van der Waals surface area contributed by atoms with E-state index in [-0.39, 0.29) is 11.6 Å². The van der Waals surface area contributed by atoms with Gasteiger partial charge in [0, 0.05) is 5.56 Å². The molecule has 2 unspecified atom stereocenters. The van der Waals surface area contributed by atoms with Crippen molar-refractivity contribution in [3.8, 4) is 11.3 Å². The van der Waals surface area contributed by atoms with Crippen LogP contribution in [-0.4, -0.2) is 43.5 Å². The summed E-state index contributed by atoms with van der Waals surface area (Å²) in [6.07, 6.45) is -2.10. The van der Waals surface area contributed by atoms with E-state index in [0.29, 0.717) is 16.8 Å². The van der Waals surface area contributed by atoms with Gasteiger partial charge in [-0.2, -0.15) is 5.10 Å². The Kier molecular flexibility index (Phi) is 4.39. The van der Waals surface area contributed by atoms with Crippen LogP contribution in [0.2, 0.25) is 0 Å². The van der Waals surface area contributed by atoms with Gasteiger partial charge in [-0.1, -0.05) is 24.3 Å². The number of aromatic amines is 1. The zero-order chi connectivity index (χ0) is 14.7. The Bertz CT molecular complexity index is 597. The maximum absolute atomic E-state index is 10.8. The second kappa shape index (κ2) is 6.04. The molecule has 1 aromatic heterocycles. The molecule has 6 nitrogen and oxygen atoms in total. The normalized spacial score (nSPS) is 13.9. The Morgan fingerprint density at radius 1 is 1.30 bits per heavy atom. The molecule has 0 bridgehead atoms. The Morgan fingerprint density at radius 3 is 2.45 bits per heavy atom. The number of H-pyrrole nitrogens is 1. The number of aromatic carboxylic acids is 1. The van der Waals surface area contributed by atoms with Crippen molar-refractivity contribution in [2.24, 2.45) is 0 Å². The maximum Gasteiger partial charge on any atom is 0.353 e. The molecule has 0 radical (unpaired) electrons. The highest BCUT2D eigenvalue weighted by molar-refractivity contribution is 6.18. The van der Waals surface area contributed by atoms with Crippen LogP contribution in [0, 0.1) is 0 Å². The van der Waals surface area contributed by atoms with Crippen LogP contribution >= 0.6 is 11.6 Å². The molecule has 2 atom stereocenters. The first-order valence-electron chi connectivity index (χ1n) is 5.84. The van der Waals surface area contributed by atoms with E-state index >= 15 is 0 Å². The third kappa shape index (κ3) is 2.98. The maximum atomic E-state index is 10.8. The molecule has 1 heterocycles. The topological polar surface area (TPSA) is 106 Å². The number of carboxylic acid groups (broad SMARTS) is 1. The minimum Gasteiger partial charge on any atom is -0.477 e. The number of benzene rings is 1. The predicted octanol–water partition coefficient (Wildman–Crippen LogP) is 1.41. The van der Waals surface area contributed by atoms with Gasteiger partial charge >= 0.3 is 5.97 Å². The quantitative estimate of drug-likeness (QED) is 0.624. The van der Waals surface area contributed by atoms with Gasteiger partial charge in [0.1, 0.15) is 11.8 Å². The number of nitrogens with zero attached hydrogens (tertiary/aromatic N) is 1. The van der Waals surface area contributed by atoms with Crippen LogP contribution < -0.4 is 0 Å². The van der Waals surface area contributed by atoms with Gasteiger partial charge in [-0.3, -0.25) is 5.10 Å². The van der Waals surface area contributed by atoms with Crippen LogP contribution in [0.25, 0.3) is 11.3 Å². The molecule has 0 saturated carbocycles. The SMILES string of the molecule is O=C(O)c1cc(-c2ccc(C(O)C(O)CCl)cc2)n[nH]1. The number of alkyl halides is 1. The number of carboxylic acids is 1. The van der Waals surface area contributed by atoms with Gasteiger partial charge in [0.25, 0.3) is 0 Å². The lowest BCUT2D eigenvalue weighted by molar-refractivity contribution is 0.0327. The number of aliphatic hydroxyl groups excluding tert-OH is 2. The first-order valence-corrected chi connectivity index (χ1v) is 6.37. The number of carbonyl (C=O) groups is 1. The van der Waals surface area contributed by atoms with E-state index in [2.05, 4.69) is 10.2 Å². The summed E-state index contributed by atoms with van der Waals surface area (Å²) >= 11 is 5.48. The number of hydrogen-bond acceptors (Lipinski definition) is 4. The van der Waals surface area contributed by atoms with Gasteiger partial charge in [0.05, 0.1) is 17.7 Å². The summed E-state index contributed by atoms with van der Waals surface area (Å²) in [4.78, 5) is 10.8. The molecule has 0 spiro atoms. The minimum absolute atomic E-state index is 0.00155. The lowest BCUT2D eigenvalue weighted by Gasteiger charge is -2.15. The Hall–Kier alpha value is -1.89. The van der Waals surface area contributed by atoms with Crippen molar-refractivity contribution in [3.63, 3.8) is 0 Å². The standard InChI is InChI=1S/C13H13ClN2O4/c14-6-11(17)12(18)8-3-1-7(2-4-8)9-5-10(13(19)20)16-15-9/h1-5,11-12,17-18H,6H2,(H,15,16)(H,19,20). The second-order valence-corrected chi connectivity index (χ2v) is 4.57. The predicted molar refractivity (Wildman–Crippen MR) is 72.7 cm³/mol. The molecule has 0 aliphatic heterocycles. The van der Waals surface area contributed by atoms with E-state index in [9.17, 15) is 15.0 Å². The fourth-order valence-electron chi connectivity index (χ4n) is 1.74. The first kappa shape index (κ1) is 14.5. The average Bonchev–Trinajstić information content (AvgIpc) is 2.96. The zero-order valence-corrected chi connectivity index (χ0v) is 11.1. The number of aromatic nitrogens is 2.